The third kappa shape index (κ3) is 3.79. The molecule has 0 N–H and O–H groups in total. The average molecular weight is 480 g/mol. The normalized spacial score (nSPS) is 20.3. The first-order valence-electron chi connectivity index (χ1n) is 9.95. The van der Waals surface area contributed by atoms with E-state index in [1.165, 1.54) is 27.0 Å². The molecule has 1 amide bonds. The molecule has 0 spiro atoms. The Balaban J connectivity index is 1.42. The lowest BCUT2D eigenvalue weighted by atomic mass is 9.99. The number of rotatable bonds is 3. The molecule has 31 heavy (non-hydrogen) atoms. The number of carbonyl (C=O) groups is 1. The molecule has 2 aliphatic rings. The molecule has 2 aliphatic heterocycles. The summed E-state index contributed by atoms with van der Waals surface area (Å²) in [6, 6.07) is 7.13. The number of fused-ring (bicyclic) bond motifs is 2. The number of sulfonamides is 1. The zero-order valence-electron chi connectivity index (χ0n) is 16.8. The van der Waals surface area contributed by atoms with Gasteiger partial charge in [0.2, 0.25) is 0 Å². The number of amides is 1. The standard InChI is InChI=1S/C20H21N3O5S3/c1-22-14-10-15-16(28-8-7-27-15)11-17(14)30-20(22)21-19(24)13-4-2-6-23(12-13)31(25,26)18-5-3-9-29-18/h3,5,9-11,13H,2,4,6-8,12H2,1H3. The van der Waals surface area contributed by atoms with Crippen molar-refractivity contribution in [2.75, 3.05) is 26.3 Å². The van der Waals surface area contributed by atoms with Crippen LogP contribution in [0.1, 0.15) is 12.8 Å². The summed E-state index contributed by atoms with van der Waals surface area (Å²) in [4.78, 5) is 17.9. The lowest BCUT2D eigenvalue weighted by Crippen LogP contribution is -2.42. The highest BCUT2D eigenvalue weighted by Crippen LogP contribution is 2.35. The van der Waals surface area contributed by atoms with Crippen molar-refractivity contribution in [3.05, 3.63) is 34.4 Å². The summed E-state index contributed by atoms with van der Waals surface area (Å²) in [6.45, 7) is 1.60. The minimum Gasteiger partial charge on any atom is -0.486 e. The van der Waals surface area contributed by atoms with E-state index in [2.05, 4.69) is 4.99 Å². The Morgan fingerprint density at radius 1 is 1.23 bits per heavy atom. The quantitative estimate of drug-likeness (QED) is 0.576. The molecule has 11 heteroatoms. The third-order valence-electron chi connectivity index (χ3n) is 5.50. The van der Waals surface area contributed by atoms with E-state index in [9.17, 15) is 13.2 Å². The molecule has 1 aromatic carbocycles. The minimum atomic E-state index is -3.57. The van der Waals surface area contributed by atoms with Crippen molar-refractivity contribution < 1.29 is 22.7 Å². The summed E-state index contributed by atoms with van der Waals surface area (Å²) in [6.07, 6.45) is 1.26. The summed E-state index contributed by atoms with van der Waals surface area (Å²) in [7, 11) is -1.71. The number of hydrogen-bond acceptors (Lipinski definition) is 7. The second-order valence-electron chi connectivity index (χ2n) is 7.49. The first-order chi connectivity index (χ1) is 14.9. The number of thiazole rings is 1. The summed E-state index contributed by atoms with van der Waals surface area (Å²) >= 11 is 2.59. The van der Waals surface area contributed by atoms with Crippen molar-refractivity contribution in [3.8, 4) is 11.5 Å². The van der Waals surface area contributed by atoms with Crippen LogP contribution in [0, 0.1) is 5.92 Å². The van der Waals surface area contributed by atoms with Gasteiger partial charge in [0.25, 0.3) is 15.9 Å². The van der Waals surface area contributed by atoms with Gasteiger partial charge in [-0.05, 0) is 24.3 Å². The first kappa shape index (κ1) is 20.7. The zero-order valence-corrected chi connectivity index (χ0v) is 19.3. The molecule has 3 aromatic rings. The molecule has 0 saturated carbocycles. The molecule has 5 rings (SSSR count). The van der Waals surface area contributed by atoms with E-state index in [4.69, 9.17) is 9.47 Å². The highest BCUT2D eigenvalue weighted by atomic mass is 32.2. The number of thiophene rings is 1. The molecular formula is C20H21N3O5S3. The Morgan fingerprint density at radius 2 is 2.00 bits per heavy atom. The van der Waals surface area contributed by atoms with E-state index in [1.54, 1.807) is 17.5 Å². The summed E-state index contributed by atoms with van der Waals surface area (Å²) in [5, 5.41) is 1.74. The van der Waals surface area contributed by atoms with Gasteiger partial charge in [-0.3, -0.25) is 4.79 Å². The van der Waals surface area contributed by atoms with Gasteiger partial charge in [-0.2, -0.15) is 9.30 Å². The van der Waals surface area contributed by atoms with Gasteiger partial charge >= 0.3 is 0 Å². The van der Waals surface area contributed by atoms with E-state index in [1.807, 2.05) is 23.7 Å². The Hall–Kier alpha value is -2.21. The SMILES string of the molecule is Cn1c(=NC(=O)C2CCCN(S(=O)(=O)c3cccs3)C2)sc2cc3c(cc21)OCCO3. The van der Waals surface area contributed by atoms with Crippen LogP contribution in [0.4, 0.5) is 0 Å². The lowest BCUT2D eigenvalue weighted by Gasteiger charge is -2.29. The average Bonchev–Trinajstić information content (AvgIpc) is 3.42. The van der Waals surface area contributed by atoms with Crippen molar-refractivity contribution in [2.45, 2.75) is 17.1 Å². The highest BCUT2D eigenvalue weighted by molar-refractivity contribution is 7.91. The number of ether oxygens (including phenoxy) is 2. The summed E-state index contributed by atoms with van der Waals surface area (Å²) < 4.78 is 41.5. The van der Waals surface area contributed by atoms with Crippen LogP contribution in [0.2, 0.25) is 0 Å². The molecule has 1 fully saturated rings. The van der Waals surface area contributed by atoms with Gasteiger partial charge in [0.05, 0.1) is 16.1 Å². The van der Waals surface area contributed by atoms with Crippen molar-refractivity contribution >= 4 is 48.8 Å². The number of piperidine rings is 1. The largest absolute Gasteiger partial charge is 0.486 e. The Kier molecular flexibility index (Phi) is 5.37. The molecule has 0 bridgehead atoms. The molecule has 1 unspecified atom stereocenters. The lowest BCUT2D eigenvalue weighted by molar-refractivity contribution is -0.122. The van der Waals surface area contributed by atoms with Gasteiger partial charge in [0, 0.05) is 32.3 Å². The van der Waals surface area contributed by atoms with Gasteiger partial charge in [0.15, 0.2) is 16.3 Å². The number of nitrogens with zero attached hydrogens (tertiary/aromatic N) is 3. The van der Waals surface area contributed by atoms with Crippen LogP contribution in [0.15, 0.2) is 38.8 Å². The fourth-order valence-corrected chi connectivity index (χ4v) is 7.56. The van der Waals surface area contributed by atoms with Crippen LogP contribution < -0.4 is 14.3 Å². The number of benzene rings is 1. The first-order valence-corrected chi connectivity index (χ1v) is 13.1. The summed E-state index contributed by atoms with van der Waals surface area (Å²) in [5.74, 6) is 0.644. The Bertz CT molecular complexity index is 1310. The van der Waals surface area contributed by atoms with Crippen LogP contribution in [-0.2, 0) is 21.9 Å². The molecule has 0 radical (unpaired) electrons. The van der Waals surface area contributed by atoms with Gasteiger partial charge in [-0.1, -0.05) is 17.4 Å². The second kappa shape index (κ2) is 8.05. The van der Waals surface area contributed by atoms with Crippen molar-refractivity contribution in [1.29, 1.82) is 0 Å². The van der Waals surface area contributed by atoms with Crippen molar-refractivity contribution in [2.24, 2.45) is 18.0 Å². The molecule has 4 heterocycles. The molecule has 2 aromatic heterocycles. The van der Waals surface area contributed by atoms with E-state index in [0.29, 0.717) is 53.1 Å². The van der Waals surface area contributed by atoms with Crippen LogP contribution in [0.25, 0.3) is 10.2 Å². The Labute approximate surface area is 187 Å². The second-order valence-corrected chi connectivity index (χ2v) is 11.6. The van der Waals surface area contributed by atoms with E-state index in [-0.39, 0.29) is 12.5 Å². The number of aryl methyl sites for hydroxylation is 1. The van der Waals surface area contributed by atoms with Gasteiger partial charge < -0.3 is 14.0 Å². The van der Waals surface area contributed by atoms with E-state index < -0.39 is 15.9 Å². The van der Waals surface area contributed by atoms with Crippen LogP contribution in [0.5, 0.6) is 11.5 Å². The number of carbonyl (C=O) groups excluding carboxylic acids is 1. The molecular weight excluding hydrogens is 458 g/mol. The van der Waals surface area contributed by atoms with E-state index in [0.717, 1.165) is 10.2 Å². The van der Waals surface area contributed by atoms with Crippen molar-refractivity contribution in [3.63, 3.8) is 0 Å². The highest BCUT2D eigenvalue weighted by Gasteiger charge is 2.33. The van der Waals surface area contributed by atoms with Gasteiger partial charge in [-0.25, -0.2) is 8.42 Å². The molecule has 0 aliphatic carbocycles. The Morgan fingerprint density at radius 3 is 2.74 bits per heavy atom. The monoisotopic (exact) mass is 479 g/mol. The van der Waals surface area contributed by atoms with Gasteiger partial charge in [-0.15, -0.1) is 11.3 Å². The topological polar surface area (TPSA) is 90.2 Å². The van der Waals surface area contributed by atoms with Crippen LogP contribution >= 0.6 is 22.7 Å². The molecule has 8 nitrogen and oxygen atoms in total. The fourth-order valence-electron chi connectivity index (χ4n) is 3.86. The fraction of sp³-hybridized carbons (Fsp3) is 0.400. The maximum absolute atomic E-state index is 13.0. The third-order valence-corrected chi connectivity index (χ3v) is 9.83. The maximum Gasteiger partial charge on any atom is 0.252 e. The zero-order chi connectivity index (χ0) is 21.6. The van der Waals surface area contributed by atoms with E-state index >= 15 is 0 Å². The molecule has 1 saturated heterocycles. The smallest absolute Gasteiger partial charge is 0.252 e. The molecule has 1 atom stereocenters. The van der Waals surface area contributed by atoms with Crippen LogP contribution in [-0.4, -0.2) is 49.5 Å². The summed E-state index contributed by atoms with van der Waals surface area (Å²) in [5.41, 5.74) is 0.909. The minimum absolute atomic E-state index is 0.160. The number of aromatic nitrogens is 1. The predicted octanol–water partition coefficient (Wildman–Crippen LogP) is 2.60. The maximum atomic E-state index is 13.0. The molecule has 164 valence electrons. The van der Waals surface area contributed by atoms with Gasteiger partial charge in [0.1, 0.15) is 17.4 Å². The van der Waals surface area contributed by atoms with Crippen LogP contribution in [0.3, 0.4) is 0 Å². The number of hydrogen-bond donors (Lipinski definition) is 0. The van der Waals surface area contributed by atoms with Crippen molar-refractivity contribution in [1.82, 2.24) is 8.87 Å². The predicted molar refractivity (Wildman–Crippen MR) is 118 cm³/mol.